The number of nitrogens with two attached hydrogens (primary N) is 1. The van der Waals surface area contributed by atoms with Gasteiger partial charge in [0, 0.05) is 19.3 Å². The Morgan fingerprint density at radius 2 is 2.16 bits per heavy atom. The van der Waals surface area contributed by atoms with E-state index < -0.39 is 0 Å². The molecule has 1 aliphatic rings. The van der Waals surface area contributed by atoms with Crippen LogP contribution in [0.1, 0.15) is 31.0 Å². The molecule has 0 saturated carbocycles. The van der Waals surface area contributed by atoms with Gasteiger partial charge in [0.05, 0.1) is 12.2 Å². The van der Waals surface area contributed by atoms with Crippen LogP contribution >= 0.6 is 24.0 Å². The van der Waals surface area contributed by atoms with E-state index in [0.717, 1.165) is 24.7 Å². The molecular weight excluding hydrogens is 351 g/mol. The summed E-state index contributed by atoms with van der Waals surface area (Å²) in [6.45, 7) is 6.97. The number of piperidine rings is 1. The second-order valence-corrected chi connectivity index (χ2v) is 5.11. The summed E-state index contributed by atoms with van der Waals surface area (Å²) < 4.78 is 0. The third-order valence-electron chi connectivity index (χ3n) is 3.62. The van der Waals surface area contributed by atoms with Gasteiger partial charge >= 0.3 is 0 Å². The Labute approximate surface area is 132 Å². The number of aliphatic imine (C=N–C) groups is 1. The van der Waals surface area contributed by atoms with Crippen LogP contribution in [-0.2, 0) is 6.54 Å². The molecule has 0 radical (unpaired) electrons. The van der Waals surface area contributed by atoms with Crippen molar-refractivity contribution >= 4 is 29.9 Å². The molecule has 2 heterocycles. The summed E-state index contributed by atoms with van der Waals surface area (Å²) in [6.07, 6.45) is 4.22. The molecule has 106 valence electrons. The van der Waals surface area contributed by atoms with Crippen LogP contribution in [0.5, 0.6) is 0 Å². The molecule has 2 N–H and O–H groups in total. The van der Waals surface area contributed by atoms with Crippen LogP contribution in [-0.4, -0.2) is 28.9 Å². The highest BCUT2D eigenvalue weighted by molar-refractivity contribution is 14.0. The predicted octanol–water partition coefficient (Wildman–Crippen LogP) is 2.55. The summed E-state index contributed by atoms with van der Waals surface area (Å²) in [5.74, 6) is 1.47. The Kier molecular flexibility index (Phi) is 6.54. The van der Waals surface area contributed by atoms with Gasteiger partial charge in [0.15, 0.2) is 5.96 Å². The summed E-state index contributed by atoms with van der Waals surface area (Å²) in [6, 6.07) is 3.99. The van der Waals surface area contributed by atoms with Crippen molar-refractivity contribution in [3.8, 4) is 0 Å². The Balaban J connectivity index is 0.00000180. The van der Waals surface area contributed by atoms with Crippen LogP contribution in [0, 0.1) is 12.8 Å². The second-order valence-electron chi connectivity index (χ2n) is 5.11. The number of pyridine rings is 1. The zero-order valence-electron chi connectivity index (χ0n) is 11.7. The summed E-state index contributed by atoms with van der Waals surface area (Å²) in [5, 5.41) is 0. The van der Waals surface area contributed by atoms with Crippen molar-refractivity contribution in [2.45, 2.75) is 33.2 Å². The maximum absolute atomic E-state index is 6.04. The lowest BCUT2D eigenvalue weighted by atomic mass is 10.00. The summed E-state index contributed by atoms with van der Waals surface area (Å²) >= 11 is 0. The van der Waals surface area contributed by atoms with Crippen molar-refractivity contribution < 1.29 is 0 Å². The van der Waals surface area contributed by atoms with E-state index >= 15 is 0 Å². The van der Waals surface area contributed by atoms with Gasteiger partial charge in [-0.3, -0.25) is 4.98 Å². The smallest absolute Gasteiger partial charge is 0.191 e. The number of likely N-dealkylation sites (tertiary alicyclic amines) is 1. The summed E-state index contributed by atoms with van der Waals surface area (Å²) in [7, 11) is 0. The SMILES string of the molecule is Cc1cccnc1CN=C(N)N1CCC(C)CC1.I. The number of hydrogen-bond acceptors (Lipinski definition) is 2. The first-order chi connectivity index (χ1) is 8.66. The molecule has 0 aliphatic carbocycles. The minimum absolute atomic E-state index is 0. The van der Waals surface area contributed by atoms with E-state index in [9.17, 15) is 0 Å². The fourth-order valence-corrected chi connectivity index (χ4v) is 2.18. The third-order valence-corrected chi connectivity index (χ3v) is 3.62. The van der Waals surface area contributed by atoms with Gasteiger partial charge < -0.3 is 10.6 Å². The van der Waals surface area contributed by atoms with Gasteiger partial charge in [-0.1, -0.05) is 13.0 Å². The van der Waals surface area contributed by atoms with Crippen molar-refractivity contribution in [1.82, 2.24) is 9.88 Å². The lowest BCUT2D eigenvalue weighted by Gasteiger charge is -2.31. The Morgan fingerprint density at radius 3 is 2.79 bits per heavy atom. The van der Waals surface area contributed by atoms with Gasteiger partial charge in [0.2, 0.25) is 0 Å². The average Bonchev–Trinajstić information content (AvgIpc) is 2.38. The highest BCUT2D eigenvalue weighted by Crippen LogP contribution is 2.15. The van der Waals surface area contributed by atoms with E-state index in [0.29, 0.717) is 12.5 Å². The van der Waals surface area contributed by atoms with Crippen molar-refractivity contribution in [3.05, 3.63) is 29.6 Å². The van der Waals surface area contributed by atoms with Crippen molar-refractivity contribution in [3.63, 3.8) is 0 Å². The molecule has 1 saturated heterocycles. The van der Waals surface area contributed by atoms with E-state index in [4.69, 9.17) is 5.73 Å². The lowest BCUT2D eigenvalue weighted by Crippen LogP contribution is -2.42. The van der Waals surface area contributed by atoms with Crippen molar-refractivity contribution in [1.29, 1.82) is 0 Å². The standard InChI is InChI=1S/C14H22N4.HI/c1-11-5-8-18(9-6-11)14(15)17-10-13-12(2)4-3-7-16-13;/h3-4,7,11H,5-6,8-10H2,1-2H3,(H2,15,17);1H. The quantitative estimate of drug-likeness (QED) is 0.492. The minimum atomic E-state index is 0. The molecule has 1 aliphatic heterocycles. The van der Waals surface area contributed by atoms with Crippen LogP contribution in [0.15, 0.2) is 23.3 Å². The third kappa shape index (κ3) is 4.63. The number of aromatic nitrogens is 1. The Bertz CT molecular complexity index is 425. The Morgan fingerprint density at radius 1 is 1.47 bits per heavy atom. The highest BCUT2D eigenvalue weighted by atomic mass is 127. The normalized spacial score (nSPS) is 17.2. The zero-order chi connectivity index (χ0) is 13.0. The molecule has 2 rings (SSSR count). The topological polar surface area (TPSA) is 54.5 Å². The highest BCUT2D eigenvalue weighted by Gasteiger charge is 2.16. The van der Waals surface area contributed by atoms with Crippen molar-refractivity contribution in [2.75, 3.05) is 13.1 Å². The largest absolute Gasteiger partial charge is 0.370 e. The minimum Gasteiger partial charge on any atom is -0.370 e. The molecule has 1 fully saturated rings. The van der Waals surface area contributed by atoms with Crippen LogP contribution in [0.2, 0.25) is 0 Å². The molecule has 0 atom stereocenters. The van der Waals surface area contributed by atoms with Crippen LogP contribution < -0.4 is 5.73 Å². The maximum Gasteiger partial charge on any atom is 0.191 e. The molecule has 1 aromatic rings. The zero-order valence-corrected chi connectivity index (χ0v) is 14.0. The first kappa shape index (κ1) is 16.2. The first-order valence-electron chi connectivity index (χ1n) is 6.62. The monoisotopic (exact) mass is 374 g/mol. The number of aryl methyl sites for hydroxylation is 1. The average molecular weight is 374 g/mol. The maximum atomic E-state index is 6.04. The van der Waals surface area contributed by atoms with Gasteiger partial charge in [-0.05, 0) is 37.3 Å². The molecule has 1 aromatic heterocycles. The van der Waals surface area contributed by atoms with E-state index in [-0.39, 0.29) is 24.0 Å². The van der Waals surface area contributed by atoms with Gasteiger partial charge in [-0.15, -0.1) is 24.0 Å². The van der Waals surface area contributed by atoms with E-state index in [1.165, 1.54) is 18.4 Å². The number of guanidine groups is 1. The van der Waals surface area contributed by atoms with E-state index in [1.807, 2.05) is 6.07 Å². The van der Waals surface area contributed by atoms with E-state index in [1.54, 1.807) is 6.20 Å². The molecule has 0 amide bonds. The molecular formula is C14H23IN4. The summed E-state index contributed by atoms with van der Waals surface area (Å²) in [5.41, 5.74) is 8.21. The van der Waals surface area contributed by atoms with Gasteiger partial charge in [-0.2, -0.15) is 0 Å². The van der Waals surface area contributed by atoms with Crippen LogP contribution in [0.25, 0.3) is 0 Å². The number of hydrogen-bond donors (Lipinski definition) is 1. The van der Waals surface area contributed by atoms with Crippen LogP contribution in [0.4, 0.5) is 0 Å². The van der Waals surface area contributed by atoms with Gasteiger partial charge in [0.25, 0.3) is 0 Å². The fourth-order valence-electron chi connectivity index (χ4n) is 2.18. The van der Waals surface area contributed by atoms with Crippen molar-refractivity contribution in [2.24, 2.45) is 16.6 Å². The second kappa shape index (κ2) is 7.67. The molecule has 0 spiro atoms. The fraction of sp³-hybridized carbons (Fsp3) is 0.571. The van der Waals surface area contributed by atoms with Crippen LogP contribution in [0.3, 0.4) is 0 Å². The van der Waals surface area contributed by atoms with E-state index in [2.05, 4.69) is 34.8 Å². The molecule has 0 aromatic carbocycles. The molecule has 0 unspecified atom stereocenters. The Hall–Kier alpha value is -0.850. The molecule has 4 nitrogen and oxygen atoms in total. The van der Waals surface area contributed by atoms with Gasteiger partial charge in [0.1, 0.15) is 0 Å². The summed E-state index contributed by atoms with van der Waals surface area (Å²) in [4.78, 5) is 11.0. The first-order valence-corrected chi connectivity index (χ1v) is 6.62. The number of halogens is 1. The van der Waals surface area contributed by atoms with Gasteiger partial charge in [-0.25, -0.2) is 4.99 Å². The molecule has 19 heavy (non-hydrogen) atoms. The molecule has 5 heteroatoms. The lowest BCUT2D eigenvalue weighted by molar-refractivity contribution is 0.277. The molecule has 0 bridgehead atoms. The number of rotatable bonds is 2. The predicted molar refractivity (Wildman–Crippen MR) is 89.7 cm³/mol. The number of nitrogens with zero attached hydrogens (tertiary/aromatic N) is 3.